The van der Waals surface area contributed by atoms with Crippen LogP contribution in [-0.2, 0) is 24.1 Å². The SMILES string of the molecule is C=Cc1ccc(-c2nc(-c3ccc(F)cc3)[nH]c2CCCC(=O)N2CCC(CCc3ccc(CC)cn3)CC2)cc1. The van der Waals surface area contributed by atoms with Crippen LogP contribution >= 0.6 is 0 Å². The summed E-state index contributed by atoms with van der Waals surface area (Å²) in [5.74, 6) is 1.31. The molecule has 0 saturated carbocycles. The van der Waals surface area contributed by atoms with Gasteiger partial charge in [-0.15, -0.1) is 0 Å². The van der Waals surface area contributed by atoms with Gasteiger partial charge < -0.3 is 9.88 Å². The Morgan fingerprint density at radius 2 is 1.76 bits per heavy atom. The second-order valence-corrected chi connectivity index (χ2v) is 11.0. The van der Waals surface area contributed by atoms with Gasteiger partial charge in [-0.1, -0.05) is 49.9 Å². The van der Waals surface area contributed by atoms with E-state index in [9.17, 15) is 9.18 Å². The Morgan fingerprint density at radius 3 is 2.41 bits per heavy atom. The maximum Gasteiger partial charge on any atom is 0.222 e. The number of halogens is 1. The van der Waals surface area contributed by atoms with Crippen molar-refractivity contribution in [2.75, 3.05) is 13.1 Å². The number of piperidine rings is 1. The molecular formula is C35H39FN4O. The van der Waals surface area contributed by atoms with E-state index >= 15 is 0 Å². The monoisotopic (exact) mass is 550 g/mol. The zero-order chi connectivity index (χ0) is 28.6. The van der Waals surface area contributed by atoms with E-state index in [-0.39, 0.29) is 11.7 Å². The number of H-pyrrole nitrogens is 1. The number of amides is 1. The molecule has 0 atom stereocenters. The number of aromatic nitrogens is 3. The van der Waals surface area contributed by atoms with Crippen molar-refractivity contribution < 1.29 is 9.18 Å². The summed E-state index contributed by atoms with van der Waals surface area (Å²) in [5.41, 5.74) is 7.17. The van der Waals surface area contributed by atoms with E-state index in [1.54, 1.807) is 12.1 Å². The highest BCUT2D eigenvalue weighted by molar-refractivity contribution is 5.76. The van der Waals surface area contributed by atoms with Crippen molar-refractivity contribution in [2.45, 2.75) is 58.3 Å². The minimum atomic E-state index is -0.276. The molecule has 1 N–H and O–H groups in total. The van der Waals surface area contributed by atoms with Crippen molar-refractivity contribution in [3.05, 3.63) is 102 Å². The summed E-state index contributed by atoms with van der Waals surface area (Å²) >= 11 is 0. The Hall–Kier alpha value is -4.06. The Kier molecular flexibility index (Phi) is 9.40. The second kappa shape index (κ2) is 13.5. The standard InChI is InChI=1S/C35H39FN4O/c1-3-25-8-12-28(13-9-25)34-32(38-35(39-34)29-14-16-30(36)17-15-29)6-5-7-33(41)40-22-20-27(21-23-40)11-19-31-18-10-26(4-2)24-37-31/h3,8-10,12-18,24,27H,1,4-7,11,19-23H2,2H3,(H,38,39). The predicted molar refractivity (Wildman–Crippen MR) is 164 cm³/mol. The van der Waals surface area contributed by atoms with Crippen molar-refractivity contribution in [1.29, 1.82) is 0 Å². The lowest BCUT2D eigenvalue weighted by Gasteiger charge is -2.32. The molecular weight excluding hydrogens is 511 g/mol. The van der Waals surface area contributed by atoms with Gasteiger partial charge in [0.1, 0.15) is 11.6 Å². The molecule has 212 valence electrons. The fourth-order valence-corrected chi connectivity index (χ4v) is 5.56. The number of nitrogens with one attached hydrogen (secondary N) is 1. The van der Waals surface area contributed by atoms with E-state index < -0.39 is 0 Å². The van der Waals surface area contributed by atoms with Gasteiger partial charge in [0, 0.05) is 48.2 Å². The number of pyridine rings is 1. The summed E-state index contributed by atoms with van der Waals surface area (Å²) in [5, 5.41) is 0. The lowest BCUT2D eigenvalue weighted by Crippen LogP contribution is -2.38. The largest absolute Gasteiger partial charge is 0.343 e. The van der Waals surface area contributed by atoms with Crippen LogP contribution in [0.2, 0.25) is 0 Å². The van der Waals surface area contributed by atoms with Gasteiger partial charge in [-0.25, -0.2) is 9.37 Å². The fourth-order valence-electron chi connectivity index (χ4n) is 5.56. The fraction of sp³-hybridized carbons (Fsp3) is 0.343. The smallest absolute Gasteiger partial charge is 0.222 e. The van der Waals surface area contributed by atoms with Crippen LogP contribution in [-0.4, -0.2) is 38.8 Å². The lowest BCUT2D eigenvalue weighted by molar-refractivity contribution is -0.132. The van der Waals surface area contributed by atoms with E-state index in [0.29, 0.717) is 24.6 Å². The molecule has 0 spiro atoms. The number of aromatic amines is 1. The van der Waals surface area contributed by atoms with Gasteiger partial charge in [-0.2, -0.15) is 0 Å². The summed E-state index contributed by atoms with van der Waals surface area (Å²) in [4.78, 5) is 28.0. The number of nitrogens with zero attached hydrogens (tertiary/aromatic N) is 3. The van der Waals surface area contributed by atoms with Crippen LogP contribution in [0.4, 0.5) is 4.39 Å². The maximum atomic E-state index is 13.5. The summed E-state index contributed by atoms with van der Waals surface area (Å²) in [6, 6.07) is 18.8. The number of rotatable bonds is 11. The summed E-state index contributed by atoms with van der Waals surface area (Å²) in [6.07, 6.45) is 11.0. The average molecular weight is 551 g/mol. The second-order valence-electron chi connectivity index (χ2n) is 11.0. The number of likely N-dealkylation sites (tertiary alicyclic amines) is 1. The Morgan fingerprint density at radius 1 is 1.02 bits per heavy atom. The van der Waals surface area contributed by atoms with Crippen LogP contribution in [0, 0.1) is 11.7 Å². The number of benzene rings is 2. The molecule has 0 radical (unpaired) electrons. The Labute approximate surface area is 242 Å². The molecule has 4 aromatic rings. The van der Waals surface area contributed by atoms with Gasteiger partial charge in [0.15, 0.2) is 0 Å². The third-order valence-electron chi connectivity index (χ3n) is 8.20. The Bertz CT molecular complexity index is 1430. The molecule has 0 aliphatic carbocycles. The molecule has 6 heteroatoms. The molecule has 0 bridgehead atoms. The third-order valence-corrected chi connectivity index (χ3v) is 8.20. The molecule has 41 heavy (non-hydrogen) atoms. The van der Waals surface area contributed by atoms with E-state index in [1.807, 2.05) is 41.4 Å². The molecule has 1 fully saturated rings. The van der Waals surface area contributed by atoms with Crippen LogP contribution in [0.5, 0.6) is 0 Å². The van der Waals surface area contributed by atoms with Gasteiger partial charge in [0.25, 0.3) is 0 Å². The minimum Gasteiger partial charge on any atom is -0.343 e. The summed E-state index contributed by atoms with van der Waals surface area (Å²) < 4.78 is 13.5. The number of hydrogen-bond donors (Lipinski definition) is 1. The van der Waals surface area contributed by atoms with Crippen LogP contribution < -0.4 is 0 Å². The van der Waals surface area contributed by atoms with E-state index in [2.05, 4.69) is 35.6 Å². The molecule has 0 unspecified atom stereocenters. The highest BCUT2D eigenvalue weighted by Gasteiger charge is 2.23. The first-order valence-corrected chi connectivity index (χ1v) is 14.8. The number of hydrogen-bond acceptors (Lipinski definition) is 3. The number of carbonyl (C=O) groups excluding carboxylic acids is 1. The topological polar surface area (TPSA) is 61.9 Å². The van der Waals surface area contributed by atoms with E-state index in [4.69, 9.17) is 4.98 Å². The van der Waals surface area contributed by atoms with Gasteiger partial charge in [-0.3, -0.25) is 9.78 Å². The van der Waals surface area contributed by atoms with Crippen molar-refractivity contribution in [1.82, 2.24) is 19.9 Å². The van der Waals surface area contributed by atoms with Gasteiger partial charge in [0.2, 0.25) is 5.91 Å². The van der Waals surface area contributed by atoms with Gasteiger partial charge >= 0.3 is 0 Å². The summed E-state index contributed by atoms with van der Waals surface area (Å²) in [6.45, 7) is 7.66. The first-order chi connectivity index (χ1) is 20.0. The lowest BCUT2D eigenvalue weighted by atomic mass is 9.91. The van der Waals surface area contributed by atoms with Crippen LogP contribution in [0.3, 0.4) is 0 Å². The zero-order valence-electron chi connectivity index (χ0n) is 23.9. The van der Waals surface area contributed by atoms with Crippen LogP contribution in [0.15, 0.2) is 73.4 Å². The normalized spacial score (nSPS) is 13.9. The number of aryl methyl sites for hydroxylation is 3. The van der Waals surface area contributed by atoms with E-state index in [0.717, 1.165) is 85.4 Å². The highest BCUT2D eigenvalue weighted by Crippen LogP contribution is 2.28. The molecule has 5 nitrogen and oxygen atoms in total. The van der Waals surface area contributed by atoms with Crippen LogP contribution in [0.1, 0.15) is 61.5 Å². The molecule has 1 aliphatic rings. The minimum absolute atomic E-state index is 0.232. The molecule has 1 saturated heterocycles. The zero-order valence-corrected chi connectivity index (χ0v) is 23.9. The van der Waals surface area contributed by atoms with E-state index in [1.165, 1.54) is 17.7 Å². The van der Waals surface area contributed by atoms with Crippen molar-refractivity contribution in [3.63, 3.8) is 0 Å². The molecule has 2 aromatic carbocycles. The third kappa shape index (κ3) is 7.37. The van der Waals surface area contributed by atoms with Gasteiger partial charge in [-0.05, 0) is 92.3 Å². The first kappa shape index (κ1) is 28.5. The van der Waals surface area contributed by atoms with Crippen molar-refractivity contribution in [2.24, 2.45) is 5.92 Å². The van der Waals surface area contributed by atoms with Crippen molar-refractivity contribution >= 4 is 12.0 Å². The first-order valence-electron chi connectivity index (χ1n) is 14.8. The summed E-state index contributed by atoms with van der Waals surface area (Å²) in [7, 11) is 0. The van der Waals surface area contributed by atoms with Gasteiger partial charge in [0.05, 0.1) is 5.69 Å². The number of imidazole rings is 1. The molecule has 5 rings (SSSR count). The quantitative estimate of drug-likeness (QED) is 0.208. The highest BCUT2D eigenvalue weighted by atomic mass is 19.1. The molecule has 1 aliphatic heterocycles. The molecule has 3 heterocycles. The number of carbonyl (C=O) groups is 1. The predicted octanol–water partition coefficient (Wildman–Crippen LogP) is 7.68. The molecule has 1 amide bonds. The maximum absolute atomic E-state index is 13.5. The van der Waals surface area contributed by atoms with Crippen LogP contribution in [0.25, 0.3) is 28.7 Å². The average Bonchev–Trinajstić information content (AvgIpc) is 3.45. The van der Waals surface area contributed by atoms with Crippen molar-refractivity contribution in [3.8, 4) is 22.6 Å². The Balaban J connectivity index is 1.15. The molecule has 2 aromatic heterocycles.